The molecule has 2 atom stereocenters. The van der Waals surface area contributed by atoms with Gasteiger partial charge >= 0.3 is 0 Å². The second-order valence-electron chi connectivity index (χ2n) is 7.61. The van der Waals surface area contributed by atoms with Crippen LogP contribution in [0.25, 0.3) is 0 Å². The van der Waals surface area contributed by atoms with E-state index in [1.165, 1.54) is 31.4 Å². The molecule has 0 radical (unpaired) electrons. The molecule has 1 heterocycles. The summed E-state index contributed by atoms with van der Waals surface area (Å²) in [5.74, 6) is 0.729. The van der Waals surface area contributed by atoms with Crippen LogP contribution in [0.5, 0.6) is 0 Å². The van der Waals surface area contributed by atoms with E-state index in [-0.39, 0.29) is 5.60 Å². The number of quaternary nitrogens is 1. The number of hydrogen-bond donors (Lipinski definition) is 1. The monoisotopic (exact) mass is 304 g/mol. The van der Waals surface area contributed by atoms with Gasteiger partial charge in [0.2, 0.25) is 0 Å². The zero-order valence-corrected chi connectivity index (χ0v) is 14.9. The summed E-state index contributed by atoms with van der Waals surface area (Å²) in [7, 11) is 0. The van der Waals surface area contributed by atoms with E-state index in [4.69, 9.17) is 4.74 Å². The van der Waals surface area contributed by atoms with E-state index in [1.54, 1.807) is 0 Å². The molecule has 0 saturated carbocycles. The zero-order valence-electron chi connectivity index (χ0n) is 14.9. The number of nitrogens with two attached hydrogens (primary N) is 1. The molecule has 2 N–H and O–H groups in total. The summed E-state index contributed by atoms with van der Waals surface area (Å²) in [6.07, 6.45) is 4.86. The summed E-state index contributed by atoms with van der Waals surface area (Å²) < 4.78 is 6.09. The largest absolute Gasteiger partial charge is 0.375 e. The molecule has 1 aliphatic heterocycles. The normalized spacial score (nSPS) is 29.0. The summed E-state index contributed by atoms with van der Waals surface area (Å²) in [4.78, 5) is 0. The minimum atomic E-state index is 0.0853. The van der Waals surface area contributed by atoms with Gasteiger partial charge in [-0.05, 0) is 37.5 Å². The van der Waals surface area contributed by atoms with Gasteiger partial charge in [-0.3, -0.25) is 0 Å². The van der Waals surface area contributed by atoms with Crippen LogP contribution in [0.4, 0.5) is 0 Å². The minimum Gasteiger partial charge on any atom is -0.375 e. The van der Waals surface area contributed by atoms with Crippen LogP contribution < -0.4 is 5.32 Å². The van der Waals surface area contributed by atoms with Crippen LogP contribution in [0, 0.1) is 11.3 Å². The summed E-state index contributed by atoms with van der Waals surface area (Å²) in [6.45, 7) is 12.6. The third-order valence-electron chi connectivity index (χ3n) is 5.82. The van der Waals surface area contributed by atoms with Gasteiger partial charge in [0.1, 0.15) is 6.54 Å². The van der Waals surface area contributed by atoms with Gasteiger partial charge < -0.3 is 10.1 Å². The first-order valence-corrected chi connectivity index (χ1v) is 8.99. The van der Waals surface area contributed by atoms with Crippen LogP contribution in [-0.2, 0) is 11.3 Å². The topological polar surface area (TPSA) is 25.8 Å². The van der Waals surface area contributed by atoms with E-state index in [0.29, 0.717) is 5.41 Å². The second-order valence-corrected chi connectivity index (χ2v) is 7.61. The van der Waals surface area contributed by atoms with Crippen molar-refractivity contribution in [2.24, 2.45) is 11.3 Å². The van der Waals surface area contributed by atoms with Crippen molar-refractivity contribution < 1.29 is 10.1 Å². The number of ether oxygens (including phenoxy) is 1. The van der Waals surface area contributed by atoms with Crippen molar-refractivity contribution in [2.75, 3.05) is 13.2 Å². The Hall–Kier alpha value is -0.860. The third-order valence-corrected chi connectivity index (χ3v) is 5.82. The second kappa shape index (κ2) is 7.61. The molecular weight excluding hydrogens is 270 g/mol. The fourth-order valence-electron chi connectivity index (χ4n) is 3.88. The standard InChI is InChI=1S/C20H33NO/c1-5-19(4)16-20(17(2)3,12-14-22-19)11-13-21-15-18-9-7-6-8-10-18/h6-10,17,21H,5,11-16H2,1-4H3/p+1/t19-,20-/m1/s1. The molecule has 1 aromatic carbocycles. The summed E-state index contributed by atoms with van der Waals surface area (Å²) >= 11 is 0. The van der Waals surface area contributed by atoms with Crippen molar-refractivity contribution in [3.63, 3.8) is 0 Å². The van der Waals surface area contributed by atoms with Crippen LogP contribution in [0.3, 0.4) is 0 Å². The highest BCUT2D eigenvalue weighted by molar-refractivity contribution is 5.12. The molecule has 2 rings (SSSR count). The van der Waals surface area contributed by atoms with Crippen LogP contribution >= 0.6 is 0 Å². The van der Waals surface area contributed by atoms with Crippen LogP contribution in [0.15, 0.2) is 30.3 Å². The number of rotatable bonds is 7. The van der Waals surface area contributed by atoms with Crippen molar-refractivity contribution in [1.29, 1.82) is 0 Å². The Morgan fingerprint density at radius 1 is 1.23 bits per heavy atom. The van der Waals surface area contributed by atoms with Gasteiger partial charge in [-0.15, -0.1) is 0 Å². The highest BCUT2D eigenvalue weighted by Crippen LogP contribution is 2.47. The van der Waals surface area contributed by atoms with Crippen molar-refractivity contribution in [1.82, 2.24) is 0 Å². The van der Waals surface area contributed by atoms with Crippen LogP contribution in [-0.4, -0.2) is 18.8 Å². The van der Waals surface area contributed by atoms with Gasteiger partial charge in [-0.2, -0.15) is 0 Å². The zero-order chi connectivity index (χ0) is 16.1. The van der Waals surface area contributed by atoms with Crippen LogP contribution in [0.2, 0.25) is 0 Å². The molecule has 124 valence electrons. The maximum Gasteiger partial charge on any atom is 0.101 e. The fourth-order valence-corrected chi connectivity index (χ4v) is 3.88. The molecule has 1 aliphatic rings. The van der Waals surface area contributed by atoms with E-state index in [0.717, 1.165) is 25.5 Å². The van der Waals surface area contributed by atoms with Crippen molar-refractivity contribution >= 4 is 0 Å². The minimum absolute atomic E-state index is 0.0853. The quantitative estimate of drug-likeness (QED) is 0.763. The molecule has 0 bridgehead atoms. The molecule has 0 spiro atoms. The van der Waals surface area contributed by atoms with Gasteiger partial charge in [-0.1, -0.05) is 51.1 Å². The fraction of sp³-hybridized carbons (Fsp3) is 0.700. The summed E-state index contributed by atoms with van der Waals surface area (Å²) in [6, 6.07) is 10.8. The van der Waals surface area contributed by atoms with Crippen molar-refractivity contribution in [2.45, 2.75) is 65.5 Å². The number of hydrogen-bond acceptors (Lipinski definition) is 1. The molecule has 2 heteroatoms. The predicted molar refractivity (Wildman–Crippen MR) is 92.7 cm³/mol. The maximum atomic E-state index is 6.09. The average molecular weight is 304 g/mol. The first-order valence-electron chi connectivity index (χ1n) is 8.99. The Bertz CT molecular complexity index is 444. The Labute approximate surface area is 136 Å². The van der Waals surface area contributed by atoms with Gasteiger partial charge in [0.15, 0.2) is 0 Å². The molecule has 1 saturated heterocycles. The van der Waals surface area contributed by atoms with Gasteiger partial charge in [-0.25, -0.2) is 0 Å². The van der Waals surface area contributed by atoms with E-state index in [2.05, 4.69) is 63.3 Å². The molecule has 22 heavy (non-hydrogen) atoms. The molecule has 1 aromatic rings. The maximum absolute atomic E-state index is 6.09. The molecule has 0 aliphatic carbocycles. The Morgan fingerprint density at radius 3 is 2.59 bits per heavy atom. The molecule has 2 nitrogen and oxygen atoms in total. The SMILES string of the molecule is CC[C@]1(C)C[C@](CC[NH2+]Cc2ccccc2)(C(C)C)CCO1. The lowest BCUT2D eigenvalue weighted by Gasteiger charge is -2.48. The number of benzene rings is 1. The molecule has 1 fully saturated rings. The summed E-state index contributed by atoms with van der Waals surface area (Å²) in [5.41, 5.74) is 1.96. The Morgan fingerprint density at radius 2 is 1.95 bits per heavy atom. The van der Waals surface area contributed by atoms with Crippen molar-refractivity contribution in [3.8, 4) is 0 Å². The van der Waals surface area contributed by atoms with Crippen molar-refractivity contribution in [3.05, 3.63) is 35.9 Å². The third kappa shape index (κ3) is 4.33. The van der Waals surface area contributed by atoms with E-state index < -0.39 is 0 Å². The smallest absolute Gasteiger partial charge is 0.101 e. The highest BCUT2D eigenvalue weighted by Gasteiger charge is 2.44. The van der Waals surface area contributed by atoms with Crippen LogP contribution in [0.1, 0.15) is 58.9 Å². The lowest BCUT2D eigenvalue weighted by molar-refractivity contribution is -0.672. The molecule has 0 amide bonds. The van der Waals surface area contributed by atoms with E-state index in [1.807, 2.05) is 0 Å². The Balaban J connectivity index is 1.89. The average Bonchev–Trinajstić information content (AvgIpc) is 2.52. The summed E-state index contributed by atoms with van der Waals surface area (Å²) in [5, 5.41) is 2.47. The predicted octanol–water partition coefficient (Wildman–Crippen LogP) is 3.76. The van der Waals surface area contributed by atoms with Gasteiger partial charge in [0.05, 0.1) is 12.1 Å². The lowest BCUT2D eigenvalue weighted by Crippen LogP contribution is -2.83. The lowest BCUT2D eigenvalue weighted by atomic mass is 9.64. The Kier molecular flexibility index (Phi) is 6.05. The first-order chi connectivity index (χ1) is 10.5. The molecule has 0 aromatic heterocycles. The van der Waals surface area contributed by atoms with E-state index in [9.17, 15) is 0 Å². The first kappa shape index (κ1) is 17.5. The van der Waals surface area contributed by atoms with Gasteiger partial charge in [0.25, 0.3) is 0 Å². The highest BCUT2D eigenvalue weighted by atomic mass is 16.5. The van der Waals surface area contributed by atoms with E-state index >= 15 is 0 Å². The molecule has 0 unspecified atom stereocenters. The van der Waals surface area contributed by atoms with Gasteiger partial charge in [0, 0.05) is 18.6 Å². The molecular formula is C20H34NO+.